The van der Waals surface area contributed by atoms with Gasteiger partial charge in [-0.15, -0.1) is 0 Å². The Balaban J connectivity index is 3.49. The molecule has 0 N–H and O–H groups in total. The van der Waals surface area contributed by atoms with E-state index in [1.165, 1.54) is 0 Å². The zero-order chi connectivity index (χ0) is 18.2. The Bertz CT molecular complexity index is 483. The van der Waals surface area contributed by atoms with E-state index in [1.54, 1.807) is 0 Å². The van der Waals surface area contributed by atoms with E-state index in [4.69, 9.17) is 0 Å². The third-order valence-corrected chi connectivity index (χ3v) is 2.73. The van der Waals surface area contributed by atoms with Gasteiger partial charge < -0.3 is 14.2 Å². The van der Waals surface area contributed by atoms with Crippen molar-refractivity contribution in [3.63, 3.8) is 0 Å². The van der Waals surface area contributed by atoms with Crippen LogP contribution in [0.2, 0.25) is 0 Å². The molecule has 0 radical (unpaired) electrons. The number of nitrogens with zero attached hydrogens (tertiary/aromatic N) is 4. The number of nitro groups is 4. The fourth-order valence-electron chi connectivity index (χ4n) is 1.63. The minimum absolute atomic E-state index is 0.737. The molecule has 17 heteroatoms. The normalized spacial score (nSPS) is 25.1. The number of hydrogen-bond acceptors (Lipinski definition) is 11. The summed E-state index contributed by atoms with van der Waals surface area (Å²) in [4.78, 5) is 33.6. The molecule has 0 amide bonds. The summed E-state index contributed by atoms with van der Waals surface area (Å²) < 4.78 is 40.8. The van der Waals surface area contributed by atoms with Crippen molar-refractivity contribution in [2.24, 2.45) is 0 Å². The maximum Gasteiger partial charge on any atom is 0.644 e. The van der Waals surface area contributed by atoms with E-state index in [0.29, 0.717) is 0 Å². The first-order chi connectivity index (χ1) is 10.4. The topological polar surface area (TPSA) is 200 Å². The number of alkyl halides is 2. The molecule has 1 rings (SSSR count). The van der Waals surface area contributed by atoms with Crippen LogP contribution in [0.4, 0.5) is 8.78 Å². The van der Waals surface area contributed by atoms with Crippen molar-refractivity contribution in [3.05, 3.63) is 40.5 Å². The monoisotopic (exact) mass is 348 g/mol. The molecule has 1 fully saturated rings. The van der Waals surface area contributed by atoms with Gasteiger partial charge in [0, 0.05) is 7.11 Å². The summed E-state index contributed by atoms with van der Waals surface area (Å²) in [5, 5.41) is 42.4. The summed E-state index contributed by atoms with van der Waals surface area (Å²) in [7, 11) is 0.737. The summed E-state index contributed by atoms with van der Waals surface area (Å²) in [6.45, 7) is -2.25. The van der Waals surface area contributed by atoms with Gasteiger partial charge in [-0.3, -0.25) is 40.5 Å². The fraction of sp³-hybridized carbons (Fsp3) is 1.00. The number of ether oxygens (including phenoxy) is 3. The Morgan fingerprint density at radius 1 is 0.826 bits per heavy atom. The van der Waals surface area contributed by atoms with Crippen LogP contribution in [-0.2, 0) is 14.2 Å². The minimum Gasteiger partial charge on any atom is -0.333 e. The highest BCUT2D eigenvalue weighted by atomic mass is 19.2. The molecule has 2 atom stereocenters. The molecule has 1 heterocycles. The highest BCUT2D eigenvalue weighted by Gasteiger charge is 2.83. The molecule has 0 aromatic carbocycles. The van der Waals surface area contributed by atoms with E-state index in [-0.39, 0.29) is 0 Å². The second-order valence-electron chi connectivity index (χ2n) is 3.94. The summed E-state index contributed by atoms with van der Waals surface area (Å²) >= 11 is 0. The van der Waals surface area contributed by atoms with Crippen LogP contribution in [0.15, 0.2) is 0 Å². The molecular formula is C6H6F2N4O11. The molecule has 23 heavy (non-hydrogen) atoms. The van der Waals surface area contributed by atoms with Gasteiger partial charge in [-0.25, -0.2) is 0 Å². The summed E-state index contributed by atoms with van der Waals surface area (Å²) in [6, 6.07) is 0. The van der Waals surface area contributed by atoms with Crippen molar-refractivity contribution in [1.29, 1.82) is 0 Å². The molecule has 1 saturated heterocycles. The van der Waals surface area contributed by atoms with Crippen molar-refractivity contribution < 1.29 is 42.7 Å². The number of hydrogen-bond donors (Lipinski definition) is 0. The number of halogens is 2. The Hall–Kier alpha value is -2.66. The molecule has 0 aliphatic carbocycles. The third-order valence-electron chi connectivity index (χ3n) is 2.73. The molecule has 130 valence electrons. The van der Waals surface area contributed by atoms with E-state index in [1.807, 2.05) is 0 Å². The van der Waals surface area contributed by atoms with E-state index < -0.39 is 50.2 Å². The van der Waals surface area contributed by atoms with E-state index in [2.05, 4.69) is 14.2 Å². The summed E-state index contributed by atoms with van der Waals surface area (Å²) in [6.07, 6.45) is -6.59. The summed E-state index contributed by atoms with van der Waals surface area (Å²) in [5.41, 5.74) is 0. The van der Waals surface area contributed by atoms with Crippen molar-refractivity contribution in [3.8, 4) is 0 Å². The molecular weight excluding hydrogens is 342 g/mol. The molecule has 0 aromatic heterocycles. The van der Waals surface area contributed by atoms with Gasteiger partial charge in [0.15, 0.2) is 0 Å². The second kappa shape index (κ2) is 5.85. The van der Waals surface area contributed by atoms with Crippen molar-refractivity contribution in [2.45, 2.75) is 30.5 Å². The highest BCUT2D eigenvalue weighted by molar-refractivity contribution is 4.87. The average molecular weight is 348 g/mol. The summed E-state index contributed by atoms with van der Waals surface area (Å²) in [5.74, 6) is -9.75. The van der Waals surface area contributed by atoms with Crippen LogP contribution in [-0.4, -0.2) is 57.3 Å². The Morgan fingerprint density at radius 3 is 1.26 bits per heavy atom. The van der Waals surface area contributed by atoms with Gasteiger partial charge >= 0.3 is 11.8 Å². The number of rotatable bonds is 7. The highest BCUT2D eigenvalue weighted by Crippen LogP contribution is 2.39. The zero-order valence-corrected chi connectivity index (χ0v) is 10.8. The van der Waals surface area contributed by atoms with E-state index >= 15 is 0 Å². The van der Waals surface area contributed by atoms with Crippen LogP contribution >= 0.6 is 0 Å². The smallest absolute Gasteiger partial charge is 0.333 e. The largest absolute Gasteiger partial charge is 0.644 e. The predicted molar refractivity (Wildman–Crippen MR) is 56.2 cm³/mol. The average Bonchev–Trinajstić information content (AvgIpc) is 2.89. The van der Waals surface area contributed by atoms with Crippen LogP contribution in [0.1, 0.15) is 0 Å². The molecule has 0 saturated carbocycles. The lowest BCUT2D eigenvalue weighted by atomic mass is 10.1. The molecule has 1 aliphatic rings. The van der Waals surface area contributed by atoms with Crippen molar-refractivity contribution in [2.75, 3.05) is 7.11 Å². The molecule has 0 aromatic rings. The Labute approximate surface area is 122 Å². The van der Waals surface area contributed by atoms with Crippen LogP contribution < -0.4 is 0 Å². The van der Waals surface area contributed by atoms with Crippen LogP contribution in [0, 0.1) is 40.5 Å². The first-order valence-corrected chi connectivity index (χ1v) is 5.23. The maximum atomic E-state index is 14.1. The quantitative estimate of drug-likeness (QED) is 0.237. The molecule has 0 spiro atoms. The minimum atomic E-state index is -4.87. The fourth-order valence-corrected chi connectivity index (χ4v) is 1.63. The Kier molecular flexibility index (Phi) is 4.68. The standard InChI is InChI=1S/C6H6F2N4O11/c1-21-4-22-2(5(7,9(13)14)10(15)16)3(23-4)6(8,11(17)18)12(19)20/h2-4H,1H3. The lowest BCUT2D eigenvalue weighted by Gasteiger charge is -2.19. The van der Waals surface area contributed by atoms with Gasteiger partial charge in [0.1, 0.15) is 19.7 Å². The third kappa shape index (κ3) is 2.59. The SMILES string of the molecule is COC1OC(C(F)([N+](=O)[O-])[N+](=O)[O-])C(C(F)([N+](=O)[O-])[N+](=O)[O-])O1. The van der Waals surface area contributed by atoms with E-state index in [0.717, 1.165) is 7.11 Å². The molecule has 0 bridgehead atoms. The van der Waals surface area contributed by atoms with Crippen molar-refractivity contribution in [1.82, 2.24) is 0 Å². The number of methoxy groups -OCH3 is 1. The van der Waals surface area contributed by atoms with Crippen molar-refractivity contribution >= 4 is 0 Å². The van der Waals surface area contributed by atoms with Gasteiger partial charge in [0.2, 0.25) is 0 Å². The van der Waals surface area contributed by atoms with Gasteiger partial charge in [-0.1, -0.05) is 8.78 Å². The second-order valence-corrected chi connectivity index (χ2v) is 3.94. The zero-order valence-electron chi connectivity index (χ0n) is 10.8. The van der Waals surface area contributed by atoms with Gasteiger partial charge in [0.25, 0.3) is 18.7 Å². The predicted octanol–water partition coefficient (Wildman–Crippen LogP) is -0.946. The molecule has 1 aliphatic heterocycles. The van der Waals surface area contributed by atoms with Crippen LogP contribution in [0.3, 0.4) is 0 Å². The first kappa shape index (κ1) is 18.4. The van der Waals surface area contributed by atoms with Crippen LogP contribution in [0.5, 0.6) is 0 Å². The molecule has 15 nitrogen and oxygen atoms in total. The van der Waals surface area contributed by atoms with Gasteiger partial charge in [-0.05, 0) is 0 Å². The lowest BCUT2D eigenvalue weighted by molar-refractivity contribution is -0.861. The molecule has 2 unspecified atom stereocenters. The van der Waals surface area contributed by atoms with Crippen LogP contribution in [0.25, 0.3) is 0 Å². The first-order valence-electron chi connectivity index (χ1n) is 5.23. The van der Waals surface area contributed by atoms with Gasteiger partial charge in [0.05, 0.1) is 0 Å². The van der Waals surface area contributed by atoms with E-state index in [9.17, 15) is 49.2 Å². The maximum absolute atomic E-state index is 14.1. The lowest BCUT2D eigenvalue weighted by Crippen LogP contribution is -2.64. The van der Waals surface area contributed by atoms with Gasteiger partial charge in [-0.2, -0.15) is 0 Å². The Morgan fingerprint density at radius 2 is 1.09 bits per heavy atom.